The Labute approximate surface area is 172 Å². The van der Waals surface area contributed by atoms with Gasteiger partial charge in [0.2, 0.25) is 5.91 Å². The van der Waals surface area contributed by atoms with Crippen LogP contribution < -0.4 is 10.1 Å². The first-order valence-electron chi connectivity index (χ1n) is 10.4. The first-order valence-corrected chi connectivity index (χ1v) is 10.4. The third-order valence-corrected chi connectivity index (χ3v) is 5.58. The van der Waals surface area contributed by atoms with Gasteiger partial charge in [-0.15, -0.1) is 0 Å². The van der Waals surface area contributed by atoms with E-state index in [0.717, 1.165) is 30.6 Å². The fourth-order valence-electron chi connectivity index (χ4n) is 3.97. The molecule has 1 saturated carbocycles. The lowest BCUT2D eigenvalue weighted by molar-refractivity contribution is -0.148. The second-order valence-electron chi connectivity index (χ2n) is 7.57. The third kappa shape index (κ3) is 6.08. The Bertz CT molecular complexity index is 806. The van der Waals surface area contributed by atoms with E-state index in [1.807, 2.05) is 42.5 Å². The molecule has 2 atom stereocenters. The Morgan fingerprint density at radius 3 is 2.38 bits per heavy atom. The molecule has 5 nitrogen and oxygen atoms in total. The Hall–Kier alpha value is -2.82. The largest absolute Gasteiger partial charge is 0.493 e. The smallest absolute Gasteiger partial charge is 0.307 e. The highest BCUT2D eigenvalue weighted by atomic mass is 16.5. The van der Waals surface area contributed by atoms with Crippen LogP contribution in [0.25, 0.3) is 0 Å². The van der Waals surface area contributed by atoms with Gasteiger partial charge in [-0.3, -0.25) is 9.59 Å². The number of carboxylic acids is 1. The predicted molar refractivity (Wildman–Crippen MR) is 112 cm³/mol. The predicted octanol–water partition coefficient (Wildman–Crippen LogP) is 3.86. The van der Waals surface area contributed by atoms with Crippen LogP contribution in [0.1, 0.15) is 36.8 Å². The molecule has 0 saturated heterocycles. The topological polar surface area (TPSA) is 75.6 Å². The molecule has 2 unspecified atom stereocenters. The van der Waals surface area contributed by atoms with Gasteiger partial charge in [-0.25, -0.2) is 0 Å². The summed E-state index contributed by atoms with van der Waals surface area (Å²) in [5.41, 5.74) is 2.28. The molecular formula is C24H29NO4. The van der Waals surface area contributed by atoms with Gasteiger partial charge in [0.25, 0.3) is 0 Å². The van der Waals surface area contributed by atoms with Crippen molar-refractivity contribution in [3.63, 3.8) is 0 Å². The molecule has 1 fully saturated rings. The van der Waals surface area contributed by atoms with Gasteiger partial charge in [0.05, 0.1) is 18.4 Å². The van der Waals surface area contributed by atoms with Gasteiger partial charge in [0, 0.05) is 13.0 Å². The highest BCUT2D eigenvalue weighted by molar-refractivity contribution is 5.84. The number of amides is 1. The lowest BCUT2D eigenvalue weighted by Gasteiger charge is -2.27. The summed E-state index contributed by atoms with van der Waals surface area (Å²) in [4.78, 5) is 23.9. The molecule has 1 aliphatic rings. The zero-order chi connectivity index (χ0) is 20.5. The van der Waals surface area contributed by atoms with Crippen molar-refractivity contribution >= 4 is 11.9 Å². The Kier molecular flexibility index (Phi) is 7.68. The van der Waals surface area contributed by atoms with Gasteiger partial charge in [0.1, 0.15) is 5.75 Å². The number of carbonyl (C=O) groups is 2. The van der Waals surface area contributed by atoms with Crippen LogP contribution in [-0.4, -0.2) is 30.1 Å². The van der Waals surface area contributed by atoms with E-state index in [0.29, 0.717) is 32.4 Å². The molecule has 0 radical (unpaired) electrons. The average molecular weight is 395 g/mol. The molecule has 3 rings (SSSR count). The minimum atomic E-state index is -0.859. The molecule has 0 spiro atoms. The standard InChI is InChI=1S/C24H29NO4/c26-23(20-11-5-6-12-21(20)24(27)28)25-16-14-19-10-4-7-13-22(19)29-17-15-18-8-2-1-3-9-18/h1-4,7-10,13,20-21H,5-6,11-12,14-17H2,(H,25,26)(H,27,28). The minimum absolute atomic E-state index is 0.139. The van der Waals surface area contributed by atoms with Crippen molar-refractivity contribution in [2.45, 2.75) is 38.5 Å². The molecular weight excluding hydrogens is 366 g/mol. The lowest BCUT2D eigenvalue weighted by atomic mass is 9.78. The Morgan fingerprint density at radius 2 is 1.62 bits per heavy atom. The number of carbonyl (C=O) groups excluding carboxylic acids is 1. The second-order valence-corrected chi connectivity index (χ2v) is 7.57. The first kappa shape index (κ1) is 20.9. The highest BCUT2D eigenvalue weighted by Gasteiger charge is 2.35. The zero-order valence-electron chi connectivity index (χ0n) is 16.7. The normalized spacial score (nSPS) is 18.8. The number of para-hydroxylation sites is 1. The van der Waals surface area contributed by atoms with Gasteiger partial charge in [0.15, 0.2) is 0 Å². The number of benzene rings is 2. The number of aliphatic carboxylic acids is 1. The number of ether oxygens (including phenoxy) is 1. The van der Waals surface area contributed by atoms with Crippen molar-refractivity contribution in [3.8, 4) is 5.75 Å². The number of nitrogens with one attached hydrogen (secondary N) is 1. The van der Waals surface area contributed by atoms with Crippen LogP contribution in [0.3, 0.4) is 0 Å². The van der Waals surface area contributed by atoms with Crippen molar-refractivity contribution in [2.24, 2.45) is 11.8 Å². The van der Waals surface area contributed by atoms with E-state index in [1.165, 1.54) is 5.56 Å². The molecule has 5 heteroatoms. The number of carboxylic acid groups (broad SMARTS) is 1. The van der Waals surface area contributed by atoms with Crippen LogP contribution in [0, 0.1) is 11.8 Å². The maximum absolute atomic E-state index is 12.5. The van der Waals surface area contributed by atoms with Crippen LogP contribution >= 0.6 is 0 Å². The highest BCUT2D eigenvalue weighted by Crippen LogP contribution is 2.30. The van der Waals surface area contributed by atoms with E-state index < -0.39 is 17.8 Å². The van der Waals surface area contributed by atoms with E-state index >= 15 is 0 Å². The van der Waals surface area contributed by atoms with Crippen molar-refractivity contribution in [3.05, 3.63) is 65.7 Å². The fourth-order valence-corrected chi connectivity index (χ4v) is 3.97. The summed E-state index contributed by atoms with van der Waals surface area (Å²) in [6, 6.07) is 18.1. The molecule has 0 aliphatic heterocycles. The molecule has 154 valence electrons. The second kappa shape index (κ2) is 10.6. The van der Waals surface area contributed by atoms with Gasteiger partial charge in [-0.1, -0.05) is 61.4 Å². The van der Waals surface area contributed by atoms with Gasteiger partial charge >= 0.3 is 5.97 Å². The van der Waals surface area contributed by atoms with Crippen molar-refractivity contribution in [1.82, 2.24) is 5.32 Å². The zero-order valence-corrected chi connectivity index (χ0v) is 16.7. The van der Waals surface area contributed by atoms with Crippen LogP contribution in [0.2, 0.25) is 0 Å². The summed E-state index contributed by atoms with van der Waals surface area (Å²) in [6.45, 7) is 1.07. The monoisotopic (exact) mass is 395 g/mol. The Morgan fingerprint density at radius 1 is 0.931 bits per heavy atom. The first-order chi connectivity index (χ1) is 14.1. The van der Waals surface area contributed by atoms with Crippen molar-refractivity contribution in [1.29, 1.82) is 0 Å². The molecule has 2 N–H and O–H groups in total. The van der Waals surface area contributed by atoms with Gasteiger partial charge in [-0.2, -0.15) is 0 Å². The number of rotatable bonds is 9. The third-order valence-electron chi connectivity index (χ3n) is 5.58. The molecule has 1 aliphatic carbocycles. The van der Waals surface area contributed by atoms with Crippen molar-refractivity contribution in [2.75, 3.05) is 13.2 Å². The minimum Gasteiger partial charge on any atom is -0.493 e. The Balaban J connectivity index is 1.49. The molecule has 0 heterocycles. The summed E-state index contributed by atoms with van der Waals surface area (Å²) >= 11 is 0. The molecule has 29 heavy (non-hydrogen) atoms. The average Bonchev–Trinajstić information content (AvgIpc) is 2.75. The SMILES string of the molecule is O=C(O)C1CCCCC1C(=O)NCCc1ccccc1OCCc1ccccc1. The lowest BCUT2D eigenvalue weighted by Crippen LogP contribution is -2.40. The maximum atomic E-state index is 12.5. The maximum Gasteiger partial charge on any atom is 0.307 e. The molecule has 0 bridgehead atoms. The molecule has 1 amide bonds. The van der Waals surface area contributed by atoms with Crippen molar-refractivity contribution < 1.29 is 19.4 Å². The fraction of sp³-hybridized carbons (Fsp3) is 0.417. The van der Waals surface area contributed by atoms with Crippen LogP contribution in [0.5, 0.6) is 5.75 Å². The van der Waals surface area contributed by atoms with Crippen LogP contribution in [-0.2, 0) is 22.4 Å². The molecule has 2 aromatic rings. The van der Waals surface area contributed by atoms with Gasteiger partial charge < -0.3 is 15.2 Å². The molecule has 0 aromatic heterocycles. The van der Waals surface area contributed by atoms with E-state index in [4.69, 9.17) is 4.74 Å². The number of hydrogen-bond donors (Lipinski definition) is 2. The summed E-state index contributed by atoms with van der Waals surface area (Å²) in [5.74, 6) is -1.14. The molecule has 2 aromatic carbocycles. The summed E-state index contributed by atoms with van der Waals surface area (Å²) in [5, 5.41) is 12.3. The van der Waals surface area contributed by atoms with Gasteiger partial charge in [-0.05, 0) is 36.5 Å². The van der Waals surface area contributed by atoms with E-state index in [1.54, 1.807) is 0 Å². The van der Waals surface area contributed by atoms with Crippen LogP contribution in [0.15, 0.2) is 54.6 Å². The number of hydrogen-bond acceptors (Lipinski definition) is 3. The van der Waals surface area contributed by atoms with E-state index in [9.17, 15) is 14.7 Å². The van der Waals surface area contributed by atoms with E-state index in [-0.39, 0.29) is 5.91 Å². The summed E-state index contributed by atoms with van der Waals surface area (Å²) in [6.07, 6.45) is 4.53. The summed E-state index contributed by atoms with van der Waals surface area (Å²) in [7, 11) is 0. The van der Waals surface area contributed by atoms with Crippen LogP contribution in [0.4, 0.5) is 0 Å². The summed E-state index contributed by atoms with van der Waals surface area (Å²) < 4.78 is 5.97. The van der Waals surface area contributed by atoms with E-state index in [2.05, 4.69) is 17.4 Å². The quantitative estimate of drug-likeness (QED) is 0.676.